The highest BCUT2D eigenvalue weighted by Gasteiger charge is 2.48. The number of amides is 2. The number of benzene rings is 1. The minimum Gasteiger partial charge on any atom is -0.351 e. The van der Waals surface area contributed by atoms with Gasteiger partial charge in [-0.25, -0.2) is 0 Å². The molecule has 1 aliphatic carbocycles. The van der Waals surface area contributed by atoms with Gasteiger partial charge >= 0.3 is 0 Å². The van der Waals surface area contributed by atoms with Crippen LogP contribution in [0.3, 0.4) is 0 Å². The first-order chi connectivity index (χ1) is 16.0. The van der Waals surface area contributed by atoms with E-state index in [1.54, 1.807) is 16.2 Å². The summed E-state index contributed by atoms with van der Waals surface area (Å²) in [6.45, 7) is 2.88. The Labute approximate surface area is 203 Å². The Morgan fingerprint density at radius 2 is 1.88 bits per heavy atom. The van der Waals surface area contributed by atoms with Gasteiger partial charge in [-0.2, -0.15) is 0 Å². The molecule has 0 radical (unpaired) electrons. The number of nitrogens with zero attached hydrogens (tertiary/aromatic N) is 2. The van der Waals surface area contributed by atoms with Crippen molar-refractivity contribution in [2.24, 2.45) is 0 Å². The molecule has 1 fully saturated rings. The van der Waals surface area contributed by atoms with Gasteiger partial charge in [-0.05, 0) is 61.4 Å². The lowest BCUT2D eigenvalue weighted by Gasteiger charge is -2.44. The van der Waals surface area contributed by atoms with E-state index < -0.39 is 5.54 Å². The van der Waals surface area contributed by atoms with Crippen molar-refractivity contribution in [3.05, 3.63) is 58.1 Å². The van der Waals surface area contributed by atoms with Crippen molar-refractivity contribution in [1.29, 1.82) is 0 Å². The summed E-state index contributed by atoms with van der Waals surface area (Å²) in [6, 6.07) is 11.9. The standard InChI is InChI=1S/C26H30ClN3O2S/c1-26(25(32)28-20-6-4-2-3-5-7-20)17-29-21-13-15-33-23(21)16-22(29)24(31)30(26)14-12-18-8-10-19(27)11-9-18/h8-11,13,15-16,20H,2-7,12,14,17H2,1H3,(H,28,32)/t26-/m0/s1. The lowest BCUT2D eigenvalue weighted by atomic mass is 9.93. The fraction of sp³-hybridized carbons (Fsp3) is 0.462. The average Bonchev–Trinajstić information content (AvgIpc) is 3.29. The van der Waals surface area contributed by atoms with E-state index in [4.69, 9.17) is 11.6 Å². The highest BCUT2D eigenvalue weighted by Crippen LogP contribution is 2.35. The van der Waals surface area contributed by atoms with Crippen LogP contribution in [0.2, 0.25) is 5.02 Å². The van der Waals surface area contributed by atoms with E-state index in [0.29, 0.717) is 30.2 Å². The first kappa shape index (κ1) is 22.5. The number of rotatable bonds is 5. The van der Waals surface area contributed by atoms with Gasteiger partial charge < -0.3 is 14.8 Å². The van der Waals surface area contributed by atoms with Gasteiger partial charge in [0, 0.05) is 17.6 Å². The third kappa shape index (κ3) is 4.31. The summed E-state index contributed by atoms with van der Waals surface area (Å²) in [5, 5.41) is 6.06. The lowest BCUT2D eigenvalue weighted by molar-refractivity contribution is -0.133. The Morgan fingerprint density at radius 1 is 1.15 bits per heavy atom. The van der Waals surface area contributed by atoms with Crippen molar-refractivity contribution in [3.8, 4) is 0 Å². The van der Waals surface area contributed by atoms with E-state index in [-0.39, 0.29) is 17.9 Å². The molecule has 1 aromatic carbocycles. The lowest BCUT2D eigenvalue weighted by Crippen LogP contribution is -2.65. The summed E-state index contributed by atoms with van der Waals surface area (Å²) >= 11 is 7.67. The fourth-order valence-electron chi connectivity index (χ4n) is 5.28. The maximum absolute atomic E-state index is 13.8. The van der Waals surface area contributed by atoms with Gasteiger partial charge in [-0.1, -0.05) is 49.4 Å². The van der Waals surface area contributed by atoms with Crippen LogP contribution in [-0.2, 0) is 17.8 Å². The van der Waals surface area contributed by atoms with Gasteiger partial charge in [0.1, 0.15) is 11.2 Å². The monoisotopic (exact) mass is 483 g/mol. The van der Waals surface area contributed by atoms with E-state index in [1.165, 1.54) is 12.8 Å². The Morgan fingerprint density at radius 3 is 2.61 bits per heavy atom. The number of hydrogen-bond donors (Lipinski definition) is 1. The summed E-state index contributed by atoms with van der Waals surface area (Å²) in [6.07, 6.45) is 7.48. The van der Waals surface area contributed by atoms with Crippen LogP contribution in [0.5, 0.6) is 0 Å². The SMILES string of the molecule is C[C@@]1(C(=O)NC2CCCCCC2)Cn2c(cc3sccc32)C(=O)N1CCc1ccc(Cl)cc1. The number of hydrogen-bond acceptors (Lipinski definition) is 3. The molecule has 2 aromatic heterocycles. The summed E-state index contributed by atoms with van der Waals surface area (Å²) < 4.78 is 3.13. The Hall–Kier alpha value is -2.31. The molecular formula is C26H30ClN3O2S. The molecule has 1 saturated carbocycles. The van der Waals surface area contributed by atoms with Crippen molar-refractivity contribution in [1.82, 2.24) is 14.8 Å². The number of carbonyl (C=O) groups excluding carboxylic acids is 2. The molecule has 0 bridgehead atoms. The Kier molecular flexibility index (Phi) is 6.23. The third-order valence-electron chi connectivity index (χ3n) is 7.27. The second-order valence-corrected chi connectivity index (χ2v) is 10.9. The van der Waals surface area contributed by atoms with Crippen molar-refractivity contribution in [2.45, 2.75) is 70.0 Å². The second-order valence-electron chi connectivity index (χ2n) is 9.55. The highest BCUT2D eigenvalue weighted by molar-refractivity contribution is 7.17. The van der Waals surface area contributed by atoms with Crippen LogP contribution < -0.4 is 5.32 Å². The quantitative estimate of drug-likeness (QED) is 0.476. The van der Waals surface area contributed by atoms with Crippen LogP contribution in [0.15, 0.2) is 41.8 Å². The van der Waals surface area contributed by atoms with E-state index in [2.05, 4.69) is 5.32 Å². The van der Waals surface area contributed by atoms with Gasteiger partial charge in [-0.15, -0.1) is 11.3 Å². The smallest absolute Gasteiger partial charge is 0.271 e. The molecule has 3 heterocycles. The van der Waals surface area contributed by atoms with Crippen molar-refractivity contribution in [2.75, 3.05) is 6.54 Å². The normalized spacial score (nSPS) is 21.8. The maximum atomic E-state index is 13.8. The van der Waals surface area contributed by atoms with Crippen LogP contribution in [0.1, 0.15) is 61.5 Å². The molecule has 1 N–H and O–H groups in total. The number of aromatic nitrogens is 1. The first-order valence-corrected chi connectivity index (χ1v) is 13.2. The molecule has 7 heteroatoms. The molecule has 0 unspecified atom stereocenters. The van der Waals surface area contributed by atoms with E-state index in [0.717, 1.165) is 41.5 Å². The summed E-state index contributed by atoms with van der Waals surface area (Å²) in [5.74, 6) is -0.112. The topological polar surface area (TPSA) is 54.3 Å². The van der Waals surface area contributed by atoms with Gasteiger partial charge in [0.15, 0.2) is 0 Å². The zero-order valence-corrected chi connectivity index (χ0v) is 20.6. The van der Waals surface area contributed by atoms with Gasteiger partial charge in [-0.3, -0.25) is 9.59 Å². The first-order valence-electron chi connectivity index (χ1n) is 11.9. The Bertz CT molecular complexity index is 1160. The fourth-order valence-corrected chi connectivity index (χ4v) is 6.23. The van der Waals surface area contributed by atoms with E-state index in [1.807, 2.05) is 53.3 Å². The van der Waals surface area contributed by atoms with Crippen molar-refractivity contribution in [3.63, 3.8) is 0 Å². The van der Waals surface area contributed by atoms with Crippen LogP contribution >= 0.6 is 22.9 Å². The minimum atomic E-state index is -0.948. The summed E-state index contributed by atoms with van der Waals surface area (Å²) in [5.41, 5.74) is 1.86. The molecule has 0 saturated heterocycles. The molecular weight excluding hydrogens is 454 g/mol. The van der Waals surface area contributed by atoms with E-state index >= 15 is 0 Å². The summed E-state index contributed by atoms with van der Waals surface area (Å²) in [7, 11) is 0. The largest absolute Gasteiger partial charge is 0.351 e. The molecule has 0 spiro atoms. The predicted octanol–water partition coefficient (Wildman–Crippen LogP) is 5.65. The molecule has 1 atom stereocenters. The zero-order valence-electron chi connectivity index (χ0n) is 19.0. The number of halogens is 1. The van der Waals surface area contributed by atoms with Gasteiger partial charge in [0.2, 0.25) is 5.91 Å². The number of fused-ring (bicyclic) bond motifs is 3. The van der Waals surface area contributed by atoms with Crippen molar-refractivity contribution >= 4 is 45.0 Å². The van der Waals surface area contributed by atoms with Crippen LogP contribution in [-0.4, -0.2) is 39.4 Å². The second kappa shape index (κ2) is 9.15. The Balaban J connectivity index is 1.45. The van der Waals surface area contributed by atoms with Gasteiger partial charge in [0.05, 0.1) is 16.8 Å². The third-order valence-corrected chi connectivity index (χ3v) is 8.37. The van der Waals surface area contributed by atoms with Crippen LogP contribution in [0, 0.1) is 0 Å². The van der Waals surface area contributed by atoms with Crippen molar-refractivity contribution < 1.29 is 9.59 Å². The predicted molar refractivity (Wildman–Crippen MR) is 134 cm³/mol. The molecule has 1 aliphatic heterocycles. The zero-order chi connectivity index (χ0) is 23.0. The minimum absolute atomic E-state index is 0.0402. The summed E-state index contributed by atoms with van der Waals surface area (Å²) in [4.78, 5) is 29.3. The molecule has 174 valence electrons. The van der Waals surface area contributed by atoms with Gasteiger partial charge in [0.25, 0.3) is 5.91 Å². The molecule has 33 heavy (non-hydrogen) atoms. The molecule has 2 aliphatic rings. The number of carbonyl (C=O) groups is 2. The number of thiophene rings is 1. The van der Waals surface area contributed by atoms with Crippen LogP contribution in [0.4, 0.5) is 0 Å². The average molecular weight is 484 g/mol. The number of nitrogens with one attached hydrogen (secondary N) is 1. The van der Waals surface area contributed by atoms with Crippen LogP contribution in [0.25, 0.3) is 10.2 Å². The molecule has 5 nitrogen and oxygen atoms in total. The molecule has 5 rings (SSSR count). The molecule has 3 aromatic rings. The van der Waals surface area contributed by atoms with E-state index in [9.17, 15) is 9.59 Å². The maximum Gasteiger partial charge on any atom is 0.271 e. The highest BCUT2D eigenvalue weighted by atomic mass is 35.5. The molecule has 2 amide bonds.